The highest BCUT2D eigenvalue weighted by molar-refractivity contribution is 7.16. The molecule has 2 aromatic carbocycles. The third-order valence-electron chi connectivity index (χ3n) is 4.99. The van der Waals surface area contributed by atoms with Gasteiger partial charge in [0.2, 0.25) is 0 Å². The third-order valence-corrected chi connectivity index (χ3v) is 6.07. The van der Waals surface area contributed by atoms with Crippen LogP contribution in [0.25, 0.3) is 21.6 Å². The molecule has 0 radical (unpaired) electrons. The Labute approximate surface area is 181 Å². The zero-order valence-corrected chi connectivity index (χ0v) is 17.9. The lowest BCUT2D eigenvalue weighted by atomic mass is 9.99. The van der Waals surface area contributed by atoms with Crippen molar-refractivity contribution in [2.24, 2.45) is 5.84 Å². The fourth-order valence-electron chi connectivity index (χ4n) is 3.13. The third kappa shape index (κ3) is 3.97. The second-order valence-corrected chi connectivity index (χ2v) is 8.99. The van der Waals surface area contributed by atoms with E-state index in [2.05, 4.69) is 0 Å². The van der Waals surface area contributed by atoms with Crippen LogP contribution in [0.3, 0.4) is 0 Å². The van der Waals surface area contributed by atoms with E-state index in [0.717, 1.165) is 9.89 Å². The summed E-state index contributed by atoms with van der Waals surface area (Å²) >= 11 is 1.20. The molecule has 5 N–H and O–H groups in total. The van der Waals surface area contributed by atoms with Crippen molar-refractivity contribution in [2.75, 3.05) is 17.3 Å². The number of nitrogens with two attached hydrogens (primary N) is 2. The Morgan fingerprint density at radius 1 is 1.13 bits per heavy atom. The predicted molar refractivity (Wildman–Crippen MR) is 117 cm³/mol. The van der Waals surface area contributed by atoms with Crippen molar-refractivity contribution >= 4 is 22.7 Å². The lowest BCUT2D eigenvalue weighted by Gasteiger charge is -2.35. The smallest absolute Gasteiger partial charge is 0.186 e. The van der Waals surface area contributed by atoms with E-state index >= 15 is 8.78 Å². The van der Waals surface area contributed by atoms with E-state index < -0.39 is 29.6 Å². The Morgan fingerprint density at radius 3 is 2.39 bits per heavy atom. The molecular formula is C22H21F3N4OS. The first-order chi connectivity index (χ1) is 14.5. The summed E-state index contributed by atoms with van der Waals surface area (Å²) in [5.41, 5.74) is 5.17. The average Bonchev–Trinajstić information content (AvgIpc) is 3.11. The van der Waals surface area contributed by atoms with Crippen LogP contribution in [0.2, 0.25) is 0 Å². The van der Waals surface area contributed by atoms with Crippen molar-refractivity contribution in [2.45, 2.75) is 26.3 Å². The van der Waals surface area contributed by atoms with Crippen molar-refractivity contribution in [1.29, 1.82) is 5.26 Å². The highest BCUT2D eigenvalue weighted by Gasteiger charge is 2.31. The Bertz CT molecular complexity index is 1200. The molecule has 9 heteroatoms. The summed E-state index contributed by atoms with van der Waals surface area (Å²) in [5, 5.41) is 19.3. The number of hydrogen-bond acceptors (Lipinski definition) is 6. The Balaban J connectivity index is 2.20. The van der Waals surface area contributed by atoms with Crippen LogP contribution in [-0.4, -0.2) is 17.3 Å². The molecule has 0 fully saturated rings. The van der Waals surface area contributed by atoms with E-state index in [0.29, 0.717) is 16.0 Å². The van der Waals surface area contributed by atoms with Crippen LogP contribution in [0, 0.1) is 35.7 Å². The number of nitrogens with zero attached hydrogens (tertiary/aromatic N) is 2. The minimum absolute atomic E-state index is 0.0909. The number of nitrogen functional groups attached to an aromatic ring is 1. The predicted octanol–water partition coefficient (Wildman–Crippen LogP) is 4.71. The Kier molecular flexibility index (Phi) is 6.00. The topological polar surface area (TPSA) is 99.3 Å². The van der Waals surface area contributed by atoms with Gasteiger partial charge in [-0.05, 0) is 50.6 Å². The van der Waals surface area contributed by atoms with Gasteiger partial charge in [0.15, 0.2) is 11.6 Å². The lowest BCUT2D eigenvalue weighted by molar-refractivity contribution is 0.211. The lowest BCUT2D eigenvalue weighted by Crippen LogP contribution is -2.52. The van der Waals surface area contributed by atoms with Crippen molar-refractivity contribution in [3.63, 3.8) is 0 Å². The maximum absolute atomic E-state index is 15.2. The van der Waals surface area contributed by atoms with Gasteiger partial charge >= 0.3 is 0 Å². The number of halogens is 3. The molecule has 0 aliphatic carbocycles. The van der Waals surface area contributed by atoms with Gasteiger partial charge in [0.25, 0.3) is 0 Å². The molecule has 1 heterocycles. The number of hydrogen-bond donors (Lipinski definition) is 3. The Hall–Kier alpha value is -3.06. The first kappa shape index (κ1) is 22.6. The normalized spacial score (nSPS) is 11.5. The molecule has 3 aromatic rings. The molecular weight excluding hydrogens is 425 g/mol. The molecule has 1 aromatic heterocycles. The molecule has 0 bridgehead atoms. The van der Waals surface area contributed by atoms with Gasteiger partial charge in [-0.3, -0.25) is 5.01 Å². The quantitative estimate of drug-likeness (QED) is 0.299. The first-order valence-electron chi connectivity index (χ1n) is 9.26. The van der Waals surface area contributed by atoms with Gasteiger partial charge in [0, 0.05) is 20.9 Å². The zero-order chi connectivity index (χ0) is 23.1. The number of hydrazine groups is 1. The van der Waals surface area contributed by atoms with Crippen LogP contribution in [0.1, 0.15) is 24.3 Å². The van der Waals surface area contributed by atoms with Crippen LogP contribution < -0.4 is 16.6 Å². The number of thiophene rings is 1. The van der Waals surface area contributed by atoms with Crippen molar-refractivity contribution in [3.05, 3.63) is 58.2 Å². The highest BCUT2D eigenvalue weighted by atomic mass is 32.1. The van der Waals surface area contributed by atoms with Crippen LogP contribution in [0.15, 0.2) is 30.3 Å². The molecule has 0 atom stereocenters. The van der Waals surface area contributed by atoms with Gasteiger partial charge in [-0.1, -0.05) is 6.07 Å². The van der Waals surface area contributed by atoms with Crippen LogP contribution >= 0.6 is 11.3 Å². The summed E-state index contributed by atoms with van der Waals surface area (Å²) in [6.07, 6.45) is 0. The number of aliphatic hydroxyl groups excluding tert-OH is 1. The second kappa shape index (κ2) is 8.23. The number of aliphatic hydroxyl groups is 1. The molecule has 5 nitrogen and oxygen atoms in total. The summed E-state index contributed by atoms with van der Waals surface area (Å²) in [6.45, 7) is 4.48. The van der Waals surface area contributed by atoms with Gasteiger partial charge in [-0.2, -0.15) is 5.26 Å². The summed E-state index contributed by atoms with van der Waals surface area (Å²) in [6, 6.07) is 8.81. The molecule has 3 rings (SSSR count). The number of nitriles is 1. The van der Waals surface area contributed by atoms with Crippen molar-refractivity contribution in [3.8, 4) is 27.6 Å². The van der Waals surface area contributed by atoms with Crippen LogP contribution in [0.4, 0.5) is 24.5 Å². The van der Waals surface area contributed by atoms with Gasteiger partial charge in [-0.25, -0.2) is 19.0 Å². The van der Waals surface area contributed by atoms with Gasteiger partial charge in [0.1, 0.15) is 17.6 Å². The molecule has 0 aliphatic rings. The van der Waals surface area contributed by atoms with Crippen LogP contribution in [-0.2, 0) is 0 Å². The van der Waals surface area contributed by atoms with E-state index in [9.17, 15) is 9.50 Å². The first-order valence-corrected chi connectivity index (χ1v) is 10.1. The molecule has 0 saturated heterocycles. The second-order valence-electron chi connectivity index (χ2n) is 7.74. The van der Waals surface area contributed by atoms with E-state index in [1.54, 1.807) is 39.0 Å². The van der Waals surface area contributed by atoms with Gasteiger partial charge < -0.3 is 10.8 Å². The van der Waals surface area contributed by atoms with Crippen molar-refractivity contribution in [1.82, 2.24) is 0 Å². The molecule has 31 heavy (non-hydrogen) atoms. The fraction of sp³-hybridized carbons (Fsp3) is 0.227. The minimum Gasteiger partial charge on any atom is -0.397 e. The molecule has 0 saturated carbocycles. The molecule has 0 unspecified atom stereocenters. The highest BCUT2D eigenvalue weighted by Crippen LogP contribution is 2.44. The molecule has 0 amide bonds. The van der Waals surface area contributed by atoms with E-state index in [-0.39, 0.29) is 22.5 Å². The SMILES string of the molecule is Cc1cc(-c2ccc(C#N)c(F)c2)c(-c2cc(N)c(N(N)C(C)(C)CO)c(F)c2F)s1. The zero-order valence-electron chi connectivity index (χ0n) is 17.1. The van der Waals surface area contributed by atoms with Crippen molar-refractivity contribution < 1.29 is 18.3 Å². The van der Waals surface area contributed by atoms with E-state index in [1.807, 2.05) is 0 Å². The Morgan fingerprint density at radius 2 is 1.81 bits per heavy atom. The van der Waals surface area contributed by atoms with Crippen LogP contribution in [0.5, 0.6) is 0 Å². The standard InChI is InChI=1S/C22H21F3N4OS/c1-11-6-14(12-4-5-13(9-26)16(23)7-12)21(31-11)15-8-17(27)20(19(25)18(15)24)29(28)22(2,3)10-30/h4-8,30H,10,27-28H2,1-3H3. The molecule has 0 aliphatic heterocycles. The number of benzene rings is 2. The molecule has 0 spiro atoms. The summed E-state index contributed by atoms with van der Waals surface area (Å²) in [5.74, 6) is 2.82. The van der Waals surface area contributed by atoms with E-state index in [1.165, 1.54) is 29.5 Å². The summed E-state index contributed by atoms with van der Waals surface area (Å²) in [4.78, 5) is 1.15. The number of anilines is 2. The summed E-state index contributed by atoms with van der Waals surface area (Å²) < 4.78 is 44.4. The summed E-state index contributed by atoms with van der Waals surface area (Å²) in [7, 11) is 0. The largest absolute Gasteiger partial charge is 0.397 e. The van der Waals surface area contributed by atoms with E-state index in [4.69, 9.17) is 16.8 Å². The number of aryl methyl sites for hydroxylation is 1. The van der Waals surface area contributed by atoms with Gasteiger partial charge in [0.05, 0.1) is 23.4 Å². The maximum atomic E-state index is 15.2. The minimum atomic E-state index is -1.25. The fourth-order valence-corrected chi connectivity index (χ4v) is 4.17. The average molecular weight is 446 g/mol. The maximum Gasteiger partial charge on any atom is 0.186 e. The monoisotopic (exact) mass is 446 g/mol. The number of rotatable bonds is 5. The van der Waals surface area contributed by atoms with Gasteiger partial charge in [-0.15, -0.1) is 11.3 Å². The molecule has 162 valence electrons.